The highest BCUT2D eigenvalue weighted by atomic mass is 19.1. The smallest absolute Gasteiger partial charge is 0.256 e. The van der Waals surface area contributed by atoms with Gasteiger partial charge in [-0.05, 0) is 43.3 Å². The van der Waals surface area contributed by atoms with Crippen molar-refractivity contribution in [2.24, 2.45) is 0 Å². The van der Waals surface area contributed by atoms with Gasteiger partial charge in [0.05, 0.1) is 25.0 Å². The Morgan fingerprint density at radius 2 is 1.82 bits per heavy atom. The van der Waals surface area contributed by atoms with E-state index < -0.39 is 29.3 Å². The molecule has 1 N–H and O–H groups in total. The summed E-state index contributed by atoms with van der Waals surface area (Å²) in [5.74, 6) is -2.43. The number of hydrogen-bond acceptors (Lipinski definition) is 5. The zero-order valence-electron chi connectivity index (χ0n) is 20.8. The van der Waals surface area contributed by atoms with E-state index in [4.69, 9.17) is 9.15 Å². The fourth-order valence-corrected chi connectivity index (χ4v) is 5.08. The maximum Gasteiger partial charge on any atom is 0.256 e. The third-order valence-electron chi connectivity index (χ3n) is 7.06. The highest BCUT2D eigenvalue weighted by Gasteiger charge is 2.54. The van der Waals surface area contributed by atoms with Gasteiger partial charge in [0.2, 0.25) is 5.91 Å². The first-order chi connectivity index (χ1) is 18.3. The summed E-state index contributed by atoms with van der Waals surface area (Å²) >= 11 is 0. The highest BCUT2D eigenvalue weighted by molar-refractivity contribution is 5.99. The van der Waals surface area contributed by atoms with E-state index in [0.29, 0.717) is 17.4 Å². The number of hydrogen-bond donors (Lipinski definition) is 1. The average molecular weight is 524 g/mol. The van der Waals surface area contributed by atoms with E-state index in [9.17, 15) is 23.2 Å². The molecule has 0 bridgehead atoms. The van der Waals surface area contributed by atoms with Gasteiger partial charge in [-0.2, -0.15) is 0 Å². The van der Waals surface area contributed by atoms with Crippen molar-refractivity contribution in [3.8, 4) is 0 Å². The Morgan fingerprint density at radius 1 is 1.03 bits per heavy atom. The van der Waals surface area contributed by atoms with Crippen molar-refractivity contribution in [3.63, 3.8) is 0 Å². The quantitative estimate of drug-likeness (QED) is 0.551. The summed E-state index contributed by atoms with van der Waals surface area (Å²) in [6.45, 7) is 2.34. The van der Waals surface area contributed by atoms with Gasteiger partial charge in [0.25, 0.3) is 11.8 Å². The maximum absolute atomic E-state index is 14.2. The second-order valence-corrected chi connectivity index (χ2v) is 9.53. The number of carbonyl (C=O) groups is 3. The normalized spacial score (nSPS) is 18.6. The van der Waals surface area contributed by atoms with E-state index in [0.717, 1.165) is 17.7 Å². The summed E-state index contributed by atoms with van der Waals surface area (Å²) in [5.41, 5.74) is -0.0280. The number of aryl methyl sites for hydroxylation is 1. The Kier molecular flexibility index (Phi) is 6.98. The van der Waals surface area contributed by atoms with Crippen LogP contribution in [-0.2, 0) is 16.1 Å². The second-order valence-electron chi connectivity index (χ2n) is 9.53. The fourth-order valence-electron chi connectivity index (χ4n) is 5.08. The Labute approximate surface area is 218 Å². The molecule has 2 aliphatic heterocycles. The average Bonchev–Trinajstić information content (AvgIpc) is 3.55. The number of piperidine rings is 1. The minimum absolute atomic E-state index is 0.0118. The molecular formula is C28H27F2N3O5. The molecule has 1 unspecified atom stereocenters. The van der Waals surface area contributed by atoms with Gasteiger partial charge in [-0.3, -0.25) is 19.3 Å². The van der Waals surface area contributed by atoms with Crippen LogP contribution in [0.4, 0.5) is 8.78 Å². The monoisotopic (exact) mass is 523 g/mol. The van der Waals surface area contributed by atoms with Gasteiger partial charge >= 0.3 is 0 Å². The summed E-state index contributed by atoms with van der Waals surface area (Å²) in [6.07, 6.45) is 1.96. The summed E-state index contributed by atoms with van der Waals surface area (Å²) in [6, 6.07) is 12.5. The number of halogens is 2. The van der Waals surface area contributed by atoms with Crippen LogP contribution < -0.4 is 5.32 Å². The molecule has 3 amide bonds. The molecule has 2 fully saturated rings. The van der Waals surface area contributed by atoms with Crippen molar-refractivity contribution in [2.75, 3.05) is 19.7 Å². The zero-order chi connectivity index (χ0) is 26.9. The molecule has 8 nitrogen and oxygen atoms in total. The molecule has 2 aromatic carbocycles. The van der Waals surface area contributed by atoms with Crippen LogP contribution in [-0.4, -0.2) is 59.0 Å². The van der Waals surface area contributed by atoms with E-state index in [1.54, 1.807) is 30.3 Å². The molecule has 5 rings (SSSR count). The van der Waals surface area contributed by atoms with Gasteiger partial charge in [-0.15, -0.1) is 0 Å². The third-order valence-corrected chi connectivity index (χ3v) is 7.06. The molecule has 1 aromatic heterocycles. The molecule has 0 saturated carbocycles. The molecule has 0 aliphatic carbocycles. The molecule has 0 radical (unpaired) electrons. The Bertz CT molecular complexity index is 1350. The minimum Gasteiger partial charge on any atom is -0.467 e. The van der Waals surface area contributed by atoms with E-state index in [1.165, 1.54) is 16.1 Å². The number of nitrogens with zero attached hydrogens (tertiary/aromatic N) is 2. The van der Waals surface area contributed by atoms with Gasteiger partial charge in [-0.1, -0.05) is 17.7 Å². The Hall–Kier alpha value is -4.05. The van der Waals surface area contributed by atoms with Crippen LogP contribution in [0.15, 0.2) is 65.3 Å². The molecule has 198 valence electrons. The minimum atomic E-state index is -1.12. The van der Waals surface area contributed by atoms with Crippen molar-refractivity contribution < 1.29 is 32.3 Å². The topological polar surface area (TPSA) is 92.1 Å². The lowest BCUT2D eigenvalue weighted by atomic mass is 9.95. The molecule has 10 heteroatoms. The predicted molar refractivity (Wildman–Crippen MR) is 132 cm³/mol. The molecule has 2 saturated heterocycles. The van der Waals surface area contributed by atoms with E-state index in [2.05, 4.69) is 5.32 Å². The van der Waals surface area contributed by atoms with Crippen molar-refractivity contribution >= 4 is 17.7 Å². The summed E-state index contributed by atoms with van der Waals surface area (Å²) in [4.78, 5) is 42.9. The second kappa shape index (κ2) is 10.4. The molecule has 38 heavy (non-hydrogen) atoms. The molecule has 2 aliphatic rings. The first-order valence-corrected chi connectivity index (χ1v) is 12.4. The van der Waals surface area contributed by atoms with Crippen molar-refractivity contribution in [3.05, 3.63) is 94.9 Å². The number of nitrogens with one attached hydrogen (secondary N) is 1. The van der Waals surface area contributed by atoms with E-state index >= 15 is 0 Å². The van der Waals surface area contributed by atoms with Gasteiger partial charge in [-0.25, -0.2) is 8.78 Å². The summed E-state index contributed by atoms with van der Waals surface area (Å²) in [5, 5.41) is 2.81. The summed E-state index contributed by atoms with van der Waals surface area (Å²) < 4.78 is 39.0. The molecular weight excluding hydrogens is 496 g/mol. The number of furan rings is 1. The number of amides is 3. The molecule has 3 aromatic rings. The van der Waals surface area contributed by atoms with Crippen molar-refractivity contribution in [1.82, 2.24) is 15.1 Å². The first-order valence-electron chi connectivity index (χ1n) is 12.4. The van der Waals surface area contributed by atoms with Crippen LogP contribution in [0, 0.1) is 18.6 Å². The standard InChI is InChI=1S/C28H27F2N3O5/c1-18-4-2-5-19(14-18)26(35)33-24(25(34)31-16-21-6-3-13-37-21)17-38-28(33)9-11-32(12-10-28)27(36)22-8-7-20(29)15-23(22)30/h2-8,13-15,24H,9-12,16-17H2,1H3,(H,31,34). The highest BCUT2D eigenvalue weighted by Crippen LogP contribution is 2.39. The number of likely N-dealkylation sites (tertiary alicyclic amines) is 1. The number of ether oxygens (including phenoxy) is 1. The molecule has 1 spiro atoms. The first kappa shape index (κ1) is 25.6. The maximum atomic E-state index is 14.2. The van der Waals surface area contributed by atoms with Crippen LogP contribution in [0.1, 0.15) is 44.9 Å². The number of benzene rings is 2. The van der Waals surface area contributed by atoms with Gasteiger partial charge < -0.3 is 19.4 Å². The Balaban J connectivity index is 1.37. The third kappa shape index (κ3) is 4.91. The van der Waals surface area contributed by atoms with Gasteiger partial charge in [0.15, 0.2) is 0 Å². The molecule has 3 heterocycles. The Morgan fingerprint density at radius 3 is 2.50 bits per heavy atom. The number of rotatable bonds is 5. The summed E-state index contributed by atoms with van der Waals surface area (Å²) in [7, 11) is 0. The van der Waals surface area contributed by atoms with Crippen LogP contribution in [0.5, 0.6) is 0 Å². The van der Waals surface area contributed by atoms with Crippen molar-refractivity contribution in [1.29, 1.82) is 0 Å². The lowest BCUT2D eigenvalue weighted by molar-refractivity contribution is -0.128. The van der Waals surface area contributed by atoms with Crippen molar-refractivity contribution in [2.45, 2.75) is 38.1 Å². The van der Waals surface area contributed by atoms with Gasteiger partial charge in [0.1, 0.15) is 29.2 Å². The fraction of sp³-hybridized carbons (Fsp3) is 0.321. The van der Waals surface area contributed by atoms with Crippen LogP contribution >= 0.6 is 0 Å². The SMILES string of the molecule is Cc1cccc(C(=O)N2C(C(=O)NCc3ccco3)COC23CCN(C(=O)c2ccc(F)cc2F)CC3)c1. The lowest BCUT2D eigenvalue weighted by Gasteiger charge is -2.44. The van der Waals surface area contributed by atoms with E-state index in [1.807, 2.05) is 13.0 Å². The van der Waals surface area contributed by atoms with E-state index in [-0.39, 0.29) is 56.5 Å². The lowest BCUT2D eigenvalue weighted by Crippen LogP contribution is -2.59. The number of carbonyl (C=O) groups excluding carboxylic acids is 3. The largest absolute Gasteiger partial charge is 0.467 e. The van der Waals surface area contributed by atoms with Crippen LogP contribution in [0.2, 0.25) is 0 Å². The van der Waals surface area contributed by atoms with Crippen LogP contribution in [0.25, 0.3) is 0 Å². The van der Waals surface area contributed by atoms with Crippen LogP contribution in [0.3, 0.4) is 0 Å². The zero-order valence-corrected chi connectivity index (χ0v) is 20.8. The predicted octanol–water partition coefficient (Wildman–Crippen LogP) is 3.66. The molecule has 1 atom stereocenters. The van der Waals surface area contributed by atoms with Gasteiger partial charge in [0, 0.05) is 37.6 Å².